The van der Waals surface area contributed by atoms with Gasteiger partial charge in [0.2, 0.25) is 10.0 Å². The molecule has 0 atom stereocenters. The van der Waals surface area contributed by atoms with Crippen molar-refractivity contribution in [2.24, 2.45) is 5.14 Å². The zero-order chi connectivity index (χ0) is 12.5. The van der Waals surface area contributed by atoms with Gasteiger partial charge in [-0.15, -0.1) is 0 Å². The molecule has 0 bridgehead atoms. The summed E-state index contributed by atoms with van der Waals surface area (Å²) >= 11 is 2.81. The van der Waals surface area contributed by atoms with Gasteiger partial charge in [-0.25, -0.2) is 22.7 Å². The molecule has 0 fully saturated rings. The lowest BCUT2D eigenvalue weighted by molar-refractivity contribution is 0.0598. The molecule has 2 N–H and O–H groups in total. The Labute approximate surface area is 99.6 Å². The Kier molecular flexibility index (Phi) is 3.66. The summed E-state index contributed by atoms with van der Waals surface area (Å²) in [4.78, 5) is 10.7. The fourth-order valence-electron chi connectivity index (χ4n) is 0.987. The first kappa shape index (κ1) is 13.1. The maximum absolute atomic E-state index is 13.3. The van der Waals surface area contributed by atoms with E-state index in [0.717, 1.165) is 13.2 Å². The summed E-state index contributed by atoms with van der Waals surface area (Å²) in [6, 6.07) is 1.65. The minimum Gasteiger partial charge on any atom is -0.465 e. The summed E-state index contributed by atoms with van der Waals surface area (Å²) in [6.07, 6.45) is 0. The van der Waals surface area contributed by atoms with Gasteiger partial charge in [-0.3, -0.25) is 0 Å². The molecule has 0 radical (unpaired) electrons. The highest BCUT2D eigenvalue weighted by Gasteiger charge is 2.19. The molecule has 0 aliphatic heterocycles. The highest BCUT2D eigenvalue weighted by molar-refractivity contribution is 9.10. The molecule has 0 spiro atoms. The van der Waals surface area contributed by atoms with Gasteiger partial charge < -0.3 is 4.74 Å². The highest BCUT2D eigenvalue weighted by Crippen LogP contribution is 2.24. The zero-order valence-corrected chi connectivity index (χ0v) is 10.4. The second kappa shape index (κ2) is 4.48. The fourth-order valence-corrected chi connectivity index (χ4v) is 1.93. The fraction of sp³-hybridized carbons (Fsp3) is 0.125. The molecule has 5 nitrogen and oxygen atoms in total. The summed E-state index contributed by atoms with van der Waals surface area (Å²) in [7, 11) is -2.98. The Morgan fingerprint density at radius 1 is 1.50 bits per heavy atom. The molecular weight excluding hydrogens is 305 g/mol. The maximum atomic E-state index is 13.3. The number of sulfonamides is 1. The van der Waals surface area contributed by atoms with E-state index in [1.54, 1.807) is 0 Å². The first-order valence-corrected chi connectivity index (χ1v) is 6.21. The van der Waals surface area contributed by atoms with Gasteiger partial charge in [-0.05, 0) is 28.1 Å². The lowest BCUT2D eigenvalue weighted by atomic mass is 10.2. The monoisotopic (exact) mass is 311 g/mol. The van der Waals surface area contributed by atoms with Crippen LogP contribution in [0.1, 0.15) is 10.4 Å². The van der Waals surface area contributed by atoms with Crippen LogP contribution < -0.4 is 5.14 Å². The predicted molar refractivity (Wildman–Crippen MR) is 56.8 cm³/mol. The molecule has 0 aliphatic carbocycles. The minimum absolute atomic E-state index is 0.174. The molecule has 0 aromatic heterocycles. The lowest BCUT2D eigenvalue weighted by Gasteiger charge is -2.06. The number of carbonyl (C=O) groups excluding carboxylic acids is 1. The normalized spacial score (nSPS) is 11.2. The van der Waals surface area contributed by atoms with E-state index in [2.05, 4.69) is 20.7 Å². The third-order valence-electron chi connectivity index (χ3n) is 1.74. The lowest BCUT2D eigenvalue weighted by Crippen LogP contribution is -2.14. The SMILES string of the molecule is COC(=O)c1cc(S(N)(=O)=O)cc(F)c1Br. The van der Waals surface area contributed by atoms with Crippen molar-refractivity contribution >= 4 is 31.9 Å². The molecule has 1 aromatic rings. The Hall–Kier alpha value is -0.990. The average Bonchev–Trinajstić information content (AvgIpc) is 2.19. The number of carbonyl (C=O) groups is 1. The summed E-state index contributed by atoms with van der Waals surface area (Å²) < 4.78 is 39.5. The molecule has 1 aromatic carbocycles. The van der Waals surface area contributed by atoms with Crippen molar-refractivity contribution in [1.82, 2.24) is 0 Å². The van der Waals surface area contributed by atoms with Crippen LogP contribution in [0.3, 0.4) is 0 Å². The van der Waals surface area contributed by atoms with Crippen molar-refractivity contribution in [3.05, 3.63) is 28.0 Å². The summed E-state index contributed by atoms with van der Waals surface area (Å²) in [5.41, 5.74) is -0.244. The van der Waals surface area contributed by atoms with Gasteiger partial charge >= 0.3 is 5.97 Å². The van der Waals surface area contributed by atoms with Crippen molar-refractivity contribution in [3.8, 4) is 0 Å². The van der Waals surface area contributed by atoms with Crippen LogP contribution in [0.4, 0.5) is 4.39 Å². The first-order chi connectivity index (χ1) is 7.27. The van der Waals surface area contributed by atoms with Crippen LogP contribution in [0, 0.1) is 5.82 Å². The highest BCUT2D eigenvalue weighted by atomic mass is 79.9. The van der Waals surface area contributed by atoms with Gasteiger partial charge in [0, 0.05) is 0 Å². The molecule has 0 unspecified atom stereocenters. The quantitative estimate of drug-likeness (QED) is 0.826. The molecule has 16 heavy (non-hydrogen) atoms. The van der Waals surface area contributed by atoms with Crippen molar-refractivity contribution in [1.29, 1.82) is 0 Å². The van der Waals surface area contributed by atoms with E-state index in [4.69, 9.17) is 5.14 Å². The average molecular weight is 312 g/mol. The number of primary sulfonamides is 1. The molecule has 0 heterocycles. The van der Waals surface area contributed by atoms with E-state index < -0.39 is 26.7 Å². The molecule has 88 valence electrons. The van der Waals surface area contributed by atoms with Crippen LogP contribution in [-0.4, -0.2) is 21.5 Å². The molecule has 1 rings (SSSR count). The smallest absolute Gasteiger partial charge is 0.339 e. The standard InChI is InChI=1S/C8H7BrFNO4S/c1-15-8(12)5-2-4(16(11,13)14)3-6(10)7(5)9/h2-3H,1H3,(H2,11,13,14). The summed E-state index contributed by atoms with van der Waals surface area (Å²) in [5, 5.41) is 4.82. The molecule has 0 amide bonds. The van der Waals surface area contributed by atoms with Crippen LogP contribution in [0.25, 0.3) is 0 Å². The van der Waals surface area contributed by atoms with E-state index in [0.29, 0.717) is 6.07 Å². The van der Waals surface area contributed by atoms with Crippen molar-refractivity contribution < 1.29 is 22.3 Å². The third kappa shape index (κ3) is 2.57. The van der Waals surface area contributed by atoms with Crippen LogP contribution in [0.5, 0.6) is 0 Å². The third-order valence-corrected chi connectivity index (χ3v) is 3.43. The largest absolute Gasteiger partial charge is 0.465 e. The van der Waals surface area contributed by atoms with E-state index in [-0.39, 0.29) is 10.0 Å². The van der Waals surface area contributed by atoms with Gasteiger partial charge in [0.15, 0.2) is 0 Å². The molecule has 0 aliphatic rings. The van der Waals surface area contributed by atoms with Gasteiger partial charge in [0.25, 0.3) is 0 Å². The number of ether oxygens (including phenoxy) is 1. The Morgan fingerprint density at radius 2 is 2.06 bits per heavy atom. The van der Waals surface area contributed by atoms with Crippen molar-refractivity contribution in [3.63, 3.8) is 0 Å². The number of methoxy groups -OCH3 is 1. The predicted octanol–water partition coefficient (Wildman–Crippen LogP) is 1.02. The number of rotatable bonds is 2. The van der Waals surface area contributed by atoms with E-state index in [9.17, 15) is 17.6 Å². The zero-order valence-electron chi connectivity index (χ0n) is 8.03. The van der Waals surface area contributed by atoms with Gasteiger partial charge in [-0.1, -0.05) is 0 Å². The molecule has 8 heteroatoms. The summed E-state index contributed by atoms with van der Waals surface area (Å²) in [5.74, 6) is -1.77. The maximum Gasteiger partial charge on any atom is 0.339 e. The molecular formula is C8H7BrFNO4S. The number of benzene rings is 1. The van der Waals surface area contributed by atoms with Crippen molar-refractivity contribution in [2.75, 3.05) is 7.11 Å². The van der Waals surface area contributed by atoms with E-state index in [1.165, 1.54) is 0 Å². The number of hydrogen-bond acceptors (Lipinski definition) is 4. The van der Waals surface area contributed by atoms with Crippen LogP contribution >= 0.6 is 15.9 Å². The van der Waals surface area contributed by atoms with Gasteiger partial charge in [0.05, 0.1) is 22.0 Å². The minimum atomic E-state index is -4.07. The Bertz CT molecular complexity index is 543. The van der Waals surface area contributed by atoms with Gasteiger partial charge in [-0.2, -0.15) is 0 Å². The second-order valence-electron chi connectivity index (χ2n) is 2.80. The van der Waals surface area contributed by atoms with Crippen LogP contribution in [0.15, 0.2) is 21.5 Å². The van der Waals surface area contributed by atoms with E-state index >= 15 is 0 Å². The number of esters is 1. The Balaban J connectivity index is 3.51. The first-order valence-electron chi connectivity index (χ1n) is 3.87. The Morgan fingerprint density at radius 3 is 2.50 bits per heavy atom. The van der Waals surface area contributed by atoms with Crippen LogP contribution in [-0.2, 0) is 14.8 Å². The molecule has 0 saturated carbocycles. The van der Waals surface area contributed by atoms with Gasteiger partial charge in [0.1, 0.15) is 5.82 Å². The second-order valence-corrected chi connectivity index (χ2v) is 5.16. The van der Waals surface area contributed by atoms with E-state index in [1.807, 2.05) is 0 Å². The number of nitrogens with two attached hydrogens (primary N) is 1. The molecule has 0 saturated heterocycles. The van der Waals surface area contributed by atoms with Crippen molar-refractivity contribution in [2.45, 2.75) is 4.90 Å². The topological polar surface area (TPSA) is 86.5 Å². The van der Waals surface area contributed by atoms with Crippen LogP contribution in [0.2, 0.25) is 0 Å². The summed E-state index contributed by atoms with van der Waals surface area (Å²) in [6.45, 7) is 0. The number of halogens is 2. The number of hydrogen-bond donors (Lipinski definition) is 1.